The van der Waals surface area contributed by atoms with E-state index in [2.05, 4.69) is 30.8 Å². The molecule has 0 aliphatic carbocycles. The van der Waals surface area contributed by atoms with E-state index in [1.165, 1.54) is 11.8 Å². The molecule has 1 heterocycles. The SMILES string of the molecule is COC(=O)COc1cccc(C=Nn2c(C(C)(C)C)nc3ccc(Br)cc3c2=O)c1. The average Bonchev–Trinajstić information content (AvgIpc) is 2.71. The molecule has 0 spiro atoms. The summed E-state index contributed by atoms with van der Waals surface area (Å²) in [5, 5.41) is 4.91. The monoisotopic (exact) mass is 471 g/mol. The van der Waals surface area contributed by atoms with Gasteiger partial charge in [0.2, 0.25) is 0 Å². The van der Waals surface area contributed by atoms with E-state index in [-0.39, 0.29) is 12.2 Å². The van der Waals surface area contributed by atoms with Crippen molar-refractivity contribution in [1.82, 2.24) is 9.66 Å². The molecular formula is C22H22BrN3O4. The van der Waals surface area contributed by atoms with E-state index in [0.717, 1.165) is 4.47 Å². The molecule has 0 N–H and O–H groups in total. The zero-order valence-electron chi connectivity index (χ0n) is 17.2. The van der Waals surface area contributed by atoms with Crippen LogP contribution >= 0.6 is 15.9 Å². The van der Waals surface area contributed by atoms with E-state index in [9.17, 15) is 9.59 Å². The standard InChI is InChI=1S/C22H22BrN3O4/c1-22(2,3)21-25-18-9-8-15(23)11-17(18)20(28)26(21)24-12-14-6-5-7-16(10-14)30-13-19(27)29-4/h5-12H,13H2,1-4H3. The Morgan fingerprint density at radius 2 is 2.00 bits per heavy atom. The minimum atomic E-state index is -0.469. The van der Waals surface area contributed by atoms with Crippen LogP contribution in [0.2, 0.25) is 0 Å². The Morgan fingerprint density at radius 1 is 1.23 bits per heavy atom. The summed E-state index contributed by atoms with van der Waals surface area (Å²) in [6.07, 6.45) is 1.56. The molecule has 0 unspecified atom stereocenters. The maximum Gasteiger partial charge on any atom is 0.343 e. The second-order valence-corrected chi connectivity index (χ2v) is 8.56. The Kier molecular flexibility index (Phi) is 6.36. The van der Waals surface area contributed by atoms with Crippen LogP contribution in [-0.2, 0) is 14.9 Å². The number of ether oxygens (including phenoxy) is 2. The molecule has 0 aliphatic rings. The Bertz CT molecular complexity index is 1180. The van der Waals surface area contributed by atoms with Crippen molar-refractivity contribution in [3.05, 3.63) is 68.7 Å². The van der Waals surface area contributed by atoms with E-state index in [1.54, 1.807) is 30.5 Å². The summed E-state index contributed by atoms with van der Waals surface area (Å²) in [6, 6.07) is 12.4. The molecule has 0 amide bonds. The number of nitrogens with zero attached hydrogens (tertiary/aromatic N) is 3. The minimum Gasteiger partial charge on any atom is -0.482 e. The third-order valence-corrected chi connectivity index (χ3v) is 4.74. The maximum atomic E-state index is 13.2. The number of benzene rings is 2. The molecule has 0 saturated carbocycles. The molecule has 0 atom stereocenters. The first kappa shape index (κ1) is 21.7. The van der Waals surface area contributed by atoms with Crippen molar-refractivity contribution in [3.63, 3.8) is 0 Å². The molecule has 0 fully saturated rings. The second kappa shape index (κ2) is 8.79. The van der Waals surface area contributed by atoms with Crippen LogP contribution in [0.3, 0.4) is 0 Å². The van der Waals surface area contributed by atoms with Crippen LogP contribution in [0.5, 0.6) is 5.75 Å². The number of halogens is 1. The van der Waals surface area contributed by atoms with Crippen molar-refractivity contribution in [2.45, 2.75) is 26.2 Å². The van der Waals surface area contributed by atoms with E-state index in [4.69, 9.17) is 4.74 Å². The van der Waals surface area contributed by atoms with Crippen molar-refractivity contribution in [2.24, 2.45) is 5.10 Å². The highest BCUT2D eigenvalue weighted by atomic mass is 79.9. The largest absolute Gasteiger partial charge is 0.482 e. The lowest BCUT2D eigenvalue weighted by atomic mass is 9.95. The highest BCUT2D eigenvalue weighted by Gasteiger charge is 2.22. The summed E-state index contributed by atoms with van der Waals surface area (Å²) in [5.41, 5.74) is 0.681. The number of hydrogen-bond donors (Lipinski definition) is 0. The van der Waals surface area contributed by atoms with Crippen LogP contribution in [0.1, 0.15) is 32.2 Å². The molecule has 0 bridgehead atoms. The summed E-state index contributed by atoms with van der Waals surface area (Å²) in [4.78, 5) is 29.1. The number of carbonyl (C=O) groups excluding carboxylic acids is 1. The molecule has 0 radical (unpaired) electrons. The van der Waals surface area contributed by atoms with Gasteiger partial charge in [-0.25, -0.2) is 9.78 Å². The van der Waals surface area contributed by atoms with Gasteiger partial charge in [-0.1, -0.05) is 48.8 Å². The number of rotatable bonds is 5. The van der Waals surface area contributed by atoms with E-state index >= 15 is 0 Å². The van der Waals surface area contributed by atoms with Crippen molar-refractivity contribution >= 4 is 39.0 Å². The molecule has 8 heteroatoms. The number of hydrogen-bond acceptors (Lipinski definition) is 6. The van der Waals surface area contributed by atoms with Gasteiger partial charge in [0.25, 0.3) is 5.56 Å². The van der Waals surface area contributed by atoms with E-state index in [0.29, 0.717) is 28.0 Å². The molecule has 156 valence electrons. The van der Waals surface area contributed by atoms with Gasteiger partial charge >= 0.3 is 5.97 Å². The Hall–Kier alpha value is -3.00. The van der Waals surface area contributed by atoms with Gasteiger partial charge in [-0.3, -0.25) is 4.79 Å². The zero-order chi connectivity index (χ0) is 21.9. The minimum absolute atomic E-state index is 0.186. The van der Waals surface area contributed by atoms with E-state index in [1.807, 2.05) is 39.0 Å². The number of methoxy groups -OCH3 is 1. The summed E-state index contributed by atoms with van der Waals surface area (Å²) < 4.78 is 12.1. The van der Waals surface area contributed by atoms with Crippen LogP contribution in [0.15, 0.2) is 56.8 Å². The zero-order valence-corrected chi connectivity index (χ0v) is 18.8. The van der Waals surface area contributed by atoms with E-state index < -0.39 is 11.4 Å². The Labute approximate surface area is 182 Å². The van der Waals surface area contributed by atoms with Crippen molar-refractivity contribution < 1.29 is 14.3 Å². The smallest absolute Gasteiger partial charge is 0.343 e. The van der Waals surface area contributed by atoms with Gasteiger partial charge in [0.15, 0.2) is 6.61 Å². The van der Waals surface area contributed by atoms with Gasteiger partial charge in [0, 0.05) is 9.89 Å². The highest BCUT2D eigenvalue weighted by molar-refractivity contribution is 9.10. The van der Waals surface area contributed by atoms with Gasteiger partial charge in [-0.05, 0) is 35.9 Å². The van der Waals surface area contributed by atoms with Crippen molar-refractivity contribution in [2.75, 3.05) is 13.7 Å². The fourth-order valence-electron chi connectivity index (χ4n) is 2.75. The summed E-state index contributed by atoms with van der Waals surface area (Å²) >= 11 is 3.40. The fraction of sp³-hybridized carbons (Fsp3) is 0.273. The number of fused-ring (bicyclic) bond motifs is 1. The number of carbonyl (C=O) groups is 1. The van der Waals surface area contributed by atoms with Gasteiger partial charge in [0.05, 0.1) is 24.2 Å². The first-order chi connectivity index (χ1) is 14.2. The van der Waals surface area contributed by atoms with Crippen LogP contribution < -0.4 is 10.3 Å². The quantitative estimate of drug-likeness (QED) is 0.416. The fourth-order valence-corrected chi connectivity index (χ4v) is 3.11. The number of esters is 1. The van der Waals surface area contributed by atoms with Crippen LogP contribution in [0.4, 0.5) is 0 Å². The van der Waals surface area contributed by atoms with Gasteiger partial charge in [0.1, 0.15) is 11.6 Å². The Morgan fingerprint density at radius 3 is 2.70 bits per heavy atom. The lowest BCUT2D eigenvalue weighted by molar-refractivity contribution is -0.142. The normalized spacial score (nSPS) is 11.8. The molecule has 3 aromatic rings. The van der Waals surface area contributed by atoms with Crippen LogP contribution in [-0.4, -0.2) is 35.6 Å². The van der Waals surface area contributed by atoms with Crippen molar-refractivity contribution in [3.8, 4) is 5.75 Å². The molecule has 0 aliphatic heterocycles. The molecule has 7 nitrogen and oxygen atoms in total. The molecule has 3 rings (SSSR count). The average molecular weight is 472 g/mol. The first-order valence-corrected chi connectivity index (χ1v) is 10.0. The lowest BCUT2D eigenvalue weighted by Crippen LogP contribution is -2.29. The molecule has 30 heavy (non-hydrogen) atoms. The summed E-state index contributed by atoms with van der Waals surface area (Å²) in [5.74, 6) is 0.578. The van der Waals surface area contributed by atoms with Crippen LogP contribution in [0, 0.1) is 0 Å². The van der Waals surface area contributed by atoms with Gasteiger partial charge in [-0.2, -0.15) is 9.78 Å². The second-order valence-electron chi connectivity index (χ2n) is 7.65. The topological polar surface area (TPSA) is 82.8 Å². The highest BCUT2D eigenvalue weighted by Crippen LogP contribution is 2.23. The molecular weight excluding hydrogens is 450 g/mol. The predicted molar refractivity (Wildman–Crippen MR) is 119 cm³/mol. The van der Waals surface area contributed by atoms with Gasteiger partial charge < -0.3 is 9.47 Å². The summed E-state index contributed by atoms with van der Waals surface area (Å²) in [7, 11) is 1.30. The first-order valence-electron chi connectivity index (χ1n) is 9.26. The lowest BCUT2D eigenvalue weighted by Gasteiger charge is -2.20. The Balaban J connectivity index is 2.02. The molecule has 2 aromatic carbocycles. The molecule has 1 aromatic heterocycles. The molecule has 0 saturated heterocycles. The van der Waals surface area contributed by atoms with Crippen molar-refractivity contribution in [1.29, 1.82) is 0 Å². The number of aromatic nitrogens is 2. The maximum absolute atomic E-state index is 13.2. The third kappa shape index (κ3) is 4.94. The van der Waals surface area contributed by atoms with Crippen LogP contribution in [0.25, 0.3) is 10.9 Å². The predicted octanol–water partition coefficient (Wildman–Crippen LogP) is 3.89. The summed E-state index contributed by atoms with van der Waals surface area (Å²) in [6.45, 7) is 5.75. The van der Waals surface area contributed by atoms with Gasteiger partial charge in [-0.15, -0.1) is 0 Å². The third-order valence-electron chi connectivity index (χ3n) is 4.24.